The Hall–Kier alpha value is -2.29. The van der Waals surface area contributed by atoms with Crippen molar-refractivity contribution in [3.63, 3.8) is 0 Å². The number of hydrogen-bond donors (Lipinski definition) is 1. The number of furan rings is 1. The number of aryl methyl sites for hydroxylation is 1. The Morgan fingerprint density at radius 3 is 2.68 bits per heavy atom. The molecule has 1 aliphatic rings. The lowest BCUT2D eigenvalue weighted by Crippen LogP contribution is -2.21. The number of Topliss-reactive ketones (excluding diaryl/α,β-unsaturated/α-hetero) is 1. The van der Waals surface area contributed by atoms with E-state index in [1.165, 1.54) is 0 Å². The molecule has 0 fully saturated rings. The van der Waals surface area contributed by atoms with Crippen molar-refractivity contribution in [1.82, 2.24) is 0 Å². The number of rotatable bonds is 3. The number of hydrogen-bond acceptors (Lipinski definition) is 3. The van der Waals surface area contributed by atoms with Gasteiger partial charge in [-0.25, -0.2) is 0 Å². The molecule has 132 valence electrons. The minimum atomic E-state index is -0.0124. The van der Waals surface area contributed by atoms with Gasteiger partial charge in [-0.3, -0.25) is 4.79 Å². The van der Waals surface area contributed by atoms with Crippen LogP contribution in [0.25, 0.3) is 16.7 Å². The van der Waals surface area contributed by atoms with Crippen molar-refractivity contribution >= 4 is 11.4 Å². The molecule has 25 heavy (non-hydrogen) atoms. The van der Waals surface area contributed by atoms with Crippen molar-refractivity contribution in [2.24, 2.45) is 11.8 Å². The fourth-order valence-corrected chi connectivity index (χ4v) is 3.67. The molecule has 1 aromatic heterocycles. The molecule has 0 spiro atoms. The molecule has 3 nitrogen and oxygen atoms in total. The number of carbonyl (C=O) groups excluding carboxylic acids is 1. The zero-order valence-electron chi connectivity index (χ0n) is 15.2. The number of carbonyl (C=O) groups is 1. The van der Waals surface area contributed by atoms with Crippen molar-refractivity contribution in [3.05, 3.63) is 53.7 Å². The molecule has 2 aromatic rings. The zero-order chi connectivity index (χ0) is 18.0. The number of ketones is 1. The fraction of sp³-hybridized carbons (Fsp3) is 0.409. The second-order valence-electron chi connectivity index (χ2n) is 7.10. The molecule has 1 aliphatic carbocycles. The van der Waals surface area contributed by atoms with Crippen LogP contribution in [0.15, 0.2) is 47.0 Å². The molecule has 0 amide bonds. The van der Waals surface area contributed by atoms with E-state index < -0.39 is 0 Å². The highest BCUT2D eigenvalue weighted by Crippen LogP contribution is 2.36. The highest BCUT2D eigenvalue weighted by Gasteiger charge is 2.30. The summed E-state index contributed by atoms with van der Waals surface area (Å²) in [4.78, 5) is 13.2. The van der Waals surface area contributed by atoms with Gasteiger partial charge >= 0.3 is 0 Å². The van der Waals surface area contributed by atoms with Crippen LogP contribution in [0.3, 0.4) is 0 Å². The largest absolute Gasteiger partial charge is 0.511 e. The average Bonchev–Trinajstić information content (AvgIpc) is 3.13. The lowest BCUT2D eigenvalue weighted by Gasteiger charge is -2.25. The van der Waals surface area contributed by atoms with Gasteiger partial charge in [-0.1, -0.05) is 32.4 Å². The number of benzene rings is 1. The van der Waals surface area contributed by atoms with Gasteiger partial charge in [0.15, 0.2) is 5.78 Å². The van der Waals surface area contributed by atoms with Gasteiger partial charge in [-0.2, -0.15) is 0 Å². The molecular weight excluding hydrogens is 312 g/mol. The lowest BCUT2D eigenvalue weighted by atomic mass is 9.80. The predicted octanol–water partition coefficient (Wildman–Crippen LogP) is 5.94. The van der Waals surface area contributed by atoms with E-state index >= 15 is 0 Å². The summed E-state index contributed by atoms with van der Waals surface area (Å²) in [5, 5.41) is 10.9. The quantitative estimate of drug-likeness (QED) is 0.753. The summed E-state index contributed by atoms with van der Waals surface area (Å²) >= 11 is 0. The molecule has 0 saturated heterocycles. The third kappa shape index (κ3) is 3.41. The van der Waals surface area contributed by atoms with E-state index in [-0.39, 0.29) is 23.4 Å². The second kappa shape index (κ2) is 7.30. The second-order valence-corrected chi connectivity index (χ2v) is 7.10. The van der Waals surface area contributed by atoms with Gasteiger partial charge in [-0.15, -0.1) is 0 Å². The smallest absolute Gasteiger partial charge is 0.169 e. The van der Waals surface area contributed by atoms with E-state index in [9.17, 15) is 9.90 Å². The maximum atomic E-state index is 13.2. The van der Waals surface area contributed by atoms with Gasteiger partial charge in [0.2, 0.25) is 0 Å². The Labute approximate surface area is 149 Å². The summed E-state index contributed by atoms with van der Waals surface area (Å²) in [5.41, 5.74) is 4.32. The van der Waals surface area contributed by atoms with Crippen LogP contribution >= 0.6 is 0 Å². The summed E-state index contributed by atoms with van der Waals surface area (Å²) in [7, 11) is 0. The molecule has 3 rings (SSSR count). The summed E-state index contributed by atoms with van der Waals surface area (Å²) in [6.07, 6.45) is 6.94. The third-order valence-corrected chi connectivity index (χ3v) is 5.38. The Morgan fingerprint density at radius 2 is 2.00 bits per heavy atom. The van der Waals surface area contributed by atoms with Gasteiger partial charge < -0.3 is 9.52 Å². The van der Waals surface area contributed by atoms with Gasteiger partial charge in [0.05, 0.1) is 18.1 Å². The molecule has 2 unspecified atom stereocenters. The molecule has 3 heteroatoms. The van der Waals surface area contributed by atoms with Crippen LogP contribution in [-0.4, -0.2) is 10.9 Å². The van der Waals surface area contributed by atoms with Crippen LogP contribution < -0.4 is 0 Å². The van der Waals surface area contributed by atoms with Crippen molar-refractivity contribution in [1.29, 1.82) is 0 Å². The van der Waals surface area contributed by atoms with Crippen LogP contribution in [0, 0.1) is 18.8 Å². The first kappa shape index (κ1) is 17.5. The van der Waals surface area contributed by atoms with Gasteiger partial charge in [0.25, 0.3) is 0 Å². The minimum absolute atomic E-state index is 0.00809. The van der Waals surface area contributed by atoms with E-state index in [0.29, 0.717) is 5.57 Å². The van der Waals surface area contributed by atoms with Crippen molar-refractivity contribution < 1.29 is 14.3 Å². The molecule has 0 bridgehead atoms. The standard InChI is InChI=1S/C22H26O3/c1-4-16-7-5-6-15(3)21(23)20(22(16)24)19-12-17(9-8-14(19)2)18-10-11-25-13-18/h8-13,15-16,23H,4-7H2,1-3H3. The van der Waals surface area contributed by atoms with E-state index in [0.717, 1.165) is 47.9 Å². The predicted molar refractivity (Wildman–Crippen MR) is 100 cm³/mol. The summed E-state index contributed by atoms with van der Waals surface area (Å²) < 4.78 is 5.19. The number of aliphatic hydroxyl groups is 1. The highest BCUT2D eigenvalue weighted by atomic mass is 16.3. The van der Waals surface area contributed by atoms with Crippen LogP contribution in [0.1, 0.15) is 50.7 Å². The molecule has 1 heterocycles. The van der Waals surface area contributed by atoms with E-state index in [2.05, 4.69) is 6.92 Å². The van der Waals surface area contributed by atoms with Crippen LogP contribution in [0.2, 0.25) is 0 Å². The highest BCUT2D eigenvalue weighted by molar-refractivity contribution is 6.23. The van der Waals surface area contributed by atoms with Gasteiger partial charge in [0, 0.05) is 17.4 Å². The van der Waals surface area contributed by atoms with Crippen molar-refractivity contribution in [2.75, 3.05) is 0 Å². The molecule has 0 saturated carbocycles. The number of aliphatic hydroxyl groups excluding tert-OH is 1. The molecule has 0 aliphatic heterocycles. The topological polar surface area (TPSA) is 50.4 Å². The fourth-order valence-electron chi connectivity index (χ4n) is 3.67. The lowest BCUT2D eigenvalue weighted by molar-refractivity contribution is -0.117. The average molecular weight is 338 g/mol. The van der Waals surface area contributed by atoms with Crippen molar-refractivity contribution in [2.45, 2.75) is 46.5 Å². The molecule has 0 radical (unpaired) electrons. The van der Waals surface area contributed by atoms with E-state index in [1.807, 2.05) is 38.1 Å². The SMILES string of the molecule is CCC1CCCC(C)C(O)=C(c2cc(-c3ccoc3)ccc2C)C1=O. The summed E-state index contributed by atoms with van der Waals surface area (Å²) in [6.45, 7) is 6.05. The summed E-state index contributed by atoms with van der Waals surface area (Å²) in [6, 6.07) is 7.94. The monoisotopic (exact) mass is 338 g/mol. The van der Waals surface area contributed by atoms with Crippen LogP contribution in [-0.2, 0) is 4.79 Å². The molecular formula is C22H26O3. The maximum Gasteiger partial charge on any atom is 0.169 e. The number of allylic oxidation sites excluding steroid dienone is 2. The van der Waals surface area contributed by atoms with Crippen LogP contribution in [0.5, 0.6) is 0 Å². The maximum absolute atomic E-state index is 13.2. The van der Waals surface area contributed by atoms with Gasteiger partial charge in [0.1, 0.15) is 5.76 Å². The zero-order valence-corrected chi connectivity index (χ0v) is 15.2. The third-order valence-electron chi connectivity index (χ3n) is 5.38. The van der Waals surface area contributed by atoms with E-state index in [4.69, 9.17) is 4.42 Å². The Kier molecular flexibility index (Phi) is 5.12. The summed E-state index contributed by atoms with van der Waals surface area (Å²) in [5.74, 6) is 0.324. The normalized spacial score (nSPS) is 22.0. The molecule has 1 aromatic carbocycles. The molecule has 2 atom stereocenters. The Balaban J connectivity index is 2.16. The van der Waals surface area contributed by atoms with Gasteiger partial charge in [-0.05, 0) is 55.0 Å². The first-order valence-electron chi connectivity index (χ1n) is 9.13. The first-order valence-corrected chi connectivity index (χ1v) is 9.13. The Morgan fingerprint density at radius 1 is 1.20 bits per heavy atom. The van der Waals surface area contributed by atoms with Crippen LogP contribution in [0.4, 0.5) is 0 Å². The molecule has 1 N–H and O–H groups in total. The van der Waals surface area contributed by atoms with E-state index in [1.54, 1.807) is 12.5 Å². The van der Waals surface area contributed by atoms with Crippen molar-refractivity contribution in [3.8, 4) is 11.1 Å². The Bertz CT molecular complexity index is 784. The minimum Gasteiger partial charge on any atom is -0.511 e. The first-order chi connectivity index (χ1) is 12.0.